The third-order valence-electron chi connectivity index (χ3n) is 20.7. The Kier molecular flexibility index (Phi) is 33.1. The molecule has 0 fully saturated rings. The van der Waals surface area contributed by atoms with E-state index in [9.17, 15) is 112 Å². The maximum absolute atomic E-state index is 14.3. The van der Waals surface area contributed by atoms with Crippen molar-refractivity contribution in [3.8, 4) is 88.5 Å². The molecule has 0 unspecified atom stereocenters. The van der Waals surface area contributed by atoms with Gasteiger partial charge in [-0.15, -0.1) is 47.2 Å². The first-order valence-corrected chi connectivity index (χ1v) is 45.2. The highest BCUT2D eigenvalue weighted by Crippen LogP contribution is 2.44. The molecule has 5 N–H and O–H groups in total. The lowest BCUT2D eigenvalue weighted by Crippen LogP contribution is -2.18. The number of pyridine rings is 2. The van der Waals surface area contributed by atoms with Gasteiger partial charge >= 0.3 is 67.1 Å². The molecule has 0 atom stereocenters. The summed E-state index contributed by atoms with van der Waals surface area (Å²) in [5, 5.41) is 63.3. The lowest BCUT2D eigenvalue weighted by atomic mass is 10.00. The Hall–Kier alpha value is -15.7. The van der Waals surface area contributed by atoms with Crippen molar-refractivity contribution in [2.45, 2.75) is 84.1 Å². The molecule has 9 heterocycles. The van der Waals surface area contributed by atoms with E-state index in [0.717, 1.165) is 74.5 Å². The van der Waals surface area contributed by atoms with Crippen LogP contribution in [-0.4, -0.2) is 126 Å². The first kappa shape index (κ1) is 109. The third-order valence-corrected chi connectivity index (χ3v) is 24.7. The third kappa shape index (κ3) is 27.7. The number of halogens is 22. The van der Waals surface area contributed by atoms with Crippen molar-refractivity contribution in [1.29, 1.82) is 0 Å². The fourth-order valence-corrected chi connectivity index (χ4v) is 16.9. The Balaban J connectivity index is 0.000000157. The zero-order chi connectivity index (χ0) is 107. The number of hydrogen-bond acceptors (Lipinski definition) is 19. The van der Waals surface area contributed by atoms with Crippen molar-refractivity contribution in [2.75, 3.05) is 0 Å². The van der Waals surface area contributed by atoms with E-state index < -0.39 is 112 Å². The van der Waals surface area contributed by atoms with Crippen LogP contribution in [0.3, 0.4) is 0 Å². The number of hydrogen-bond donors (Lipinski definition) is 5. The fraction of sp³-hybridized carbons (Fsp3) is 0.134. The molecule has 17 aromatic rings. The molecule has 50 heteroatoms. The zero-order valence-electron chi connectivity index (χ0n) is 74.4. The van der Waals surface area contributed by atoms with Crippen LogP contribution in [0, 0.1) is 26.6 Å². The van der Waals surface area contributed by atoms with Gasteiger partial charge in [0.2, 0.25) is 0 Å². The molecule has 0 aliphatic carbocycles. The number of aryl methyl sites for hydroxylation is 3. The first-order chi connectivity index (χ1) is 69.1. The largest absolute Gasteiger partial charge is 0.573 e. The highest BCUT2D eigenvalue weighted by Gasteiger charge is 2.44. The number of carbonyl (C=O) groups is 5. The lowest BCUT2D eigenvalue weighted by molar-refractivity contribution is -0.274. The van der Waals surface area contributed by atoms with Crippen LogP contribution < -0.4 is 9.47 Å². The molecule has 25 nitrogen and oxygen atoms in total. The molecule has 9 aromatic heterocycles. The Bertz CT molecular complexity index is 7730. The second kappa shape index (κ2) is 44.9. The predicted octanol–water partition coefficient (Wildman–Crippen LogP) is 27.1. The van der Waals surface area contributed by atoms with Gasteiger partial charge in [-0.1, -0.05) is 126 Å². The van der Waals surface area contributed by atoms with E-state index in [1.54, 1.807) is 86.0 Å². The van der Waals surface area contributed by atoms with Gasteiger partial charge < -0.3 is 35.0 Å². The van der Waals surface area contributed by atoms with E-state index in [1.807, 2.05) is 19.1 Å². The summed E-state index contributed by atoms with van der Waals surface area (Å²) >= 11 is 21.2. The van der Waals surface area contributed by atoms with Crippen LogP contribution >= 0.6 is 68.8 Å². The lowest BCUT2D eigenvalue weighted by Gasteiger charge is -2.15. The molecule has 0 spiro atoms. The summed E-state index contributed by atoms with van der Waals surface area (Å²) in [7, 11) is 0. The summed E-state index contributed by atoms with van der Waals surface area (Å²) in [6, 6.07) is 48.9. The molecule has 0 aliphatic heterocycles. The van der Waals surface area contributed by atoms with Gasteiger partial charge in [0.1, 0.15) is 50.1 Å². The highest BCUT2D eigenvalue weighted by molar-refractivity contribution is 7.15. The van der Waals surface area contributed by atoms with Gasteiger partial charge in [-0.25, -0.2) is 62.6 Å². The average Bonchev–Trinajstić information content (AvgIpc) is 1.64. The second-order valence-electron chi connectivity index (χ2n) is 30.9. The number of ether oxygens (including phenoxy) is 2. The number of carboxylic acid groups (broad SMARTS) is 5. The molecule has 0 saturated carbocycles. The van der Waals surface area contributed by atoms with Gasteiger partial charge in [0.15, 0.2) is 23.0 Å². The Morgan fingerprint density at radius 2 is 0.932 bits per heavy atom. The van der Waals surface area contributed by atoms with Crippen molar-refractivity contribution in [3.63, 3.8) is 0 Å². The van der Waals surface area contributed by atoms with E-state index in [4.69, 9.17) is 60.0 Å². The van der Waals surface area contributed by atoms with Crippen molar-refractivity contribution in [1.82, 2.24) is 64.0 Å². The van der Waals surface area contributed by atoms with Gasteiger partial charge in [-0.2, -0.15) is 86.3 Å². The Morgan fingerprint density at radius 1 is 0.415 bits per heavy atom. The van der Waals surface area contributed by atoms with E-state index in [-0.39, 0.29) is 85.6 Å². The normalized spacial score (nSPS) is 11.7. The van der Waals surface area contributed by atoms with Gasteiger partial charge in [0.05, 0.1) is 110 Å². The summed E-state index contributed by atoms with van der Waals surface area (Å²) < 4.78 is 262. The number of aromatic nitrogens is 13. The van der Waals surface area contributed by atoms with Crippen LogP contribution in [-0.2, 0) is 57.0 Å². The van der Waals surface area contributed by atoms with Gasteiger partial charge in [-0.05, 0) is 164 Å². The average molecular weight is 2170 g/mol. The Labute approximate surface area is 841 Å². The molecule has 17 rings (SSSR count). The van der Waals surface area contributed by atoms with Gasteiger partial charge in [0, 0.05) is 66.8 Å². The Morgan fingerprint density at radius 3 is 1.46 bits per heavy atom. The van der Waals surface area contributed by atoms with Crippen LogP contribution in [0.15, 0.2) is 249 Å². The number of carboxylic acids is 5. The number of rotatable bonds is 23. The quantitative estimate of drug-likeness (QED) is 0.0371. The first-order valence-electron chi connectivity index (χ1n) is 41.6. The second-order valence-corrected chi connectivity index (χ2v) is 35.4. The van der Waals surface area contributed by atoms with E-state index in [2.05, 4.69) is 50.1 Å². The molecule has 0 saturated heterocycles. The van der Waals surface area contributed by atoms with E-state index in [0.29, 0.717) is 99.2 Å². The molecular weight excluding hydrogens is 2100 g/mol. The maximum Gasteiger partial charge on any atom is 0.573 e. The summed E-state index contributed by atoms with van der Waals surface area (Å²) in [6.07, 6.45) is -21.6. The van der Waals surface area contributed by atoms with Crippen LogP contribution in [0.1, 0.15) is 123 Å². The standard InChI is InChI=1S/C31H21F6N3O4.C18H12F3NO2S.C16H8Cl2F3N3O2.C16H11ClF3N3O2S.C16H11F4N3O2S/c1-18-15-20(19-11-13-22(14-12-19)44-31(35,36)37)9-10-21(18)17-43-26-7-3-2-5-23(26)25-6-4-8-27(39-25)40-28(30(32,33)34)24(16-38-40)29(41)42;19-18(20,21)14-3-1-2-13(9-14)16-22-15(10-25-16)8-11-4-6-12(7-5-11)17(23)24;17-10-5-4-8(6-11(10)18)12-2-1-3-13(23-12)24-14(16(19,20)21)9(7-22-24)15(25)26;1-8-13(7-23-6-10(5-21-23)15(24)25)22-14(26-8)9-2-11(16(18,19)20)4-12(17)3-9;1-8-12(7-23-6-9(5-21-23)15(24)25)22-14(26-8)10-3-2-4-11(13(10)17)16(18,19)20/h2-16H,17H2,1H3,(H,41,42);1-7,9-10H,8H2,(H,23,24);1-7H,(H,25,26);2*2-6H,7H2,1H3,(H,24,25). The SMILES string of the molecule is Cc1cc(-c2ccc(OC(F)(F)F)cc2)ccc1COc1ccccc1-c1cccc(-n2ncc(C(=O)O)c2C(F)(F)F)n1.Cc1sc(-c2cc(Cl)cc(C(F)(F)F)c2)nc1Cn1cc(C(=O)O)cn1.Cc1sc(-c2cccc(C(F)(F)F)c2F)nc1Cn1cc(C(=O)O)cn1.O=C(O)c1ccc(Cc2csc(-c3cccc(C(F)(F)F)c3)n2)cc1.O=C(O)c1cnn(-c2cccc(-c3ccc(Cl)c(Cl)c3)n2)c1C(F)(F)F. The molecule has 760 valence electrons. The summed E-state index contributed by atoms with van der Waals surface area (Å²) in [5.41, 5.74) is 0.391. The highest BCUT2D eigenvalue weighted by atomic mass is 35.5. The van der Waals surface area contributed by atoms with Crippen molar-refractivity contribution >= 4 is 98.7 Å². The van der Waals surface area contributed by atoms with Gasteiger partial charge in [-0.3, -0.25) is 9.36 Å². The van der Waals surface area contributed by atoms with Gasteiger partial charge in [0.25, 0.3) is 0 Å². The van der Waals surface area contributed by atoms with Crippen molar-refractivity contribution in [3.05, 3.63) is 369 Å². The summed E-state index contributed by atoms with van der Waals surface area (Å²) in [5.74, 6) is -8.43. The van der Waals surface area contributed by atoms with Crippen LogP contribution in [0.25, 0.3) is 77.0 Å². The van der Waals surface area contributed by atoms with E-state index >= 15 is 0 Å². The maximum atomic E-state index is 14.3. The van der Waals surface area contributed by atoms with Crippen LogP contribution in [0.2, 0.25) is 15.1 Å². The molecule has 0 amide bonds. The number of para-hydroxylation sites is 1. The number of thiazole rings is 3. The molecule has 8 aromatic carbocycles. The van der Waals surface area contributed by atoms with Crippen LogP contribution in [0.4, 0.5) is 83.4 Å². The molecule has 147 heavy (non-hydrogen) atoms. The molecule has 0 aliphatic rings. The minimum absolute atomic E-state index is 0.00188. The monoisotopic (exact) mass is 2160 g/mol. The minimum Gasteiger partial charge on any atom is -0.488 e. The number of nitrogens with zero attached hydrogens (tertiary/aromatic N) is 13. The predicted molar refractivity (Wildman–Crippen MR) is 500 cm³/mol. The smallest absolute Gasteiger partial charge is 0.488 e. The molecular formula is C97H63Cl3F19N13O12S3. The number of aromatic carboxylic acids is 5. The summed E-state index contributed by atoms with van der Waals surface area (Å²) in [4.78, 5) is 78.0. The minimum atomic E-state index is -5.00. The topological polar surface area (TPSA) is 341 Å². The number of benzene rings is 8. The number of alkyl halides is 18. The molecule has 0 bridgehead atoms. The summed E-state index contributed by atoms with van der Waals surface area (Å²) in [6.45, 7) is 5.80. The molecule has 0 radical (unpaired) electrons. The van der Waals surface area contributed by atoms with Crippen molar-refractivity contribution in [2.24, 2.45) is 0 Å². The van der Waals surface area contributed by atoms with E-state index in [1.165, 1.54) is 148 Å². The van der Waals surface area contributed by atoms with Crippen molar-refractivity contribution < 1.29 is 142 Å². The fourth-order valence-electron chi connectivity index (χ4n) is 13.7. The zero-order valence-corrected chi connectivity index (χ0v) is 79.2. The van der Waals surface area contributed by atoms with Crippen LogP contribution in [0.5, 0.6) is 11.5 Å².